The van der Waals surface area contributed by atoms with E-state index in [2.05, 4.69) is 10.4 Å². The van der Waals surface area contributed by atoms with E-state index in [1.165, 1.54) is 16.8 Å². The Kier molecular flexibility index (Phi) is 4.74. The SMILES string of the molecule is NC(=O)c1ccn(-c2ccccc2NC(=O)c2ccc(Cl)c(Cl)c2)n1. The highest BCUT2D eigenvalue weighted by molar-refractivity contribution is 6.42. The first-order chi connectivity index (χ1) is 12.0. The van der Waals surface area contributed by atoms with Crippen molar-refractivity contribution in [3.05, 3.63) is 76.0 Å². The second-order valence-corrected chi connectivity index (χ2v) is 5.92. The number of carbonyl (C=O) groups excluding carboxylic acids is 2. The Morgan fingerprint density at radius 3 is 2.48 bits per heavy atom. The number of aromatic nitrogens is 2. The molecule has 3 aromatic rings. The lowest BCUT2D eigenvalue weighted by Crippen LogP contribution is -2.15. The van der Waals surface area contributed by atoms with Crippen molar-refractivity contribution in [1.29, 1.82) is 0 Å². The molecular formula is C17H12Cl2N4O2. The monoisotopic (exact) mass is 374 g/mol. The summed E-state index contributed by atoms with van der Waals surface area (Å²) in [7, 11) is 0. The molecule has 1 aromatic heterocycles. The summed E-state index contributed by atoms with van der Waals surface area (Å²) < 4.78 is 1.46. The first-order valence-corrected chi connectivity index (χ1v) is 7.92. The largest absolute Gasteiger partial charge is 0.364 e. The molecule has 0 aliphatic carbocycles. The highest BCUT2D eigenvalue weighted by Crippen LogP contribution is 2.24. The normalized spacial score (nSPS) is 10.5. The van der Waals surface area contributed by atoms with Crippen LogP contribution in [-0.4, -0.2) is 21.6 Å². The number of hydrogen-bond acceptors (Lipinski definition) is 3. The second-order valence-electron chi connectivity index (χ2n) is 5.11. The molecule has 0 spiro atoms. The van der Waals surface area contributed by atoms with Crippen LogP contribution in [0.1, 0.15) is 20.8 Å². The summed E-state index contributed by atoms with van der Waals surface area (Å²) in [5.74, 6) is -0.982. The van der Waals surface area contributed by atoms with Gasteiger partial charge in [0.1, 0.15) is 5.69 Å². The van der Waals surface area contributed by atoms with Crippen LogP contribution in [0.3, 0.4) is 0 Å². The van der Waals surface area contributed by atoms with Crippen LogP contribution in [0.25, 0.3) is 5.69 Å². The van der Waals surface area contributed by atoms with Gasteiger partial charge < -0.3 is 11.1 Å². The number of amides is 2. The van der Waals surface area contributed by atoms with Gasteiger partial charge in [0.2, 0.25) is 0 Å². The molecule has 25 heavy (non-hydrogen) atoms. The molecule has 3 rings (SSSR count). The predicted octanol–water partition coefficient (Wildman–Crippen LogP) is 3.53. The number of rotatable bonds is 4. The first kappa shape index (κ1) is 17.0. The fraction of sp³-hybridized carbons (Fsp3) is 0. The average Bonchev–Trinajstić information content (AvgIpc) is 3.08. The maximum atomic E-state index is 12.5. The Morgan fingerprint density at radius 1 is 1.04 bits per heavy atom. The van der Waals surface area contributed by atoms with Crippen molar-refractivity contribution in [2.45, 2.75) is 0 Å². The van der Waals surface area contributed by atoms with Gasteiger partial charge in [0.15, 0.2) is 0 Å². The second kappa shape index (κ2) is 6.96. The molecule has 0 saturated heterocycles. The Morgan fingerprint density at radius 2 is 1.80 bits per heavy atom. The van der Waals surface area contributed by atoms with Gasteiger partial charge in [0.25, 0.3) is 11.8 Å². The highest BCUT2D eigenvalue weighted by atomic mass is 35.5. The number of carbonyl (C=O) groups is 2. The number of para-hydroxylation sites is 2. The molecule has 3 N–H and O–H groups in total. The Bertz CT molecular complexity index is 969. The molecule has 0 aliphatic heterocycles. The van der Waals surface area contributed by atoms with Gasteiger partial charge in [0.05, 0.1) is 21.4 Å². The zero-order valence-corrected chi connectivity index (χ0v) is 14.3. The zero-order chi connectivity index (χ0) is 18.0. The average molecular weight is 375 g/mol. The molecule has 0 bridgehead atoms. The van der Waals surface area contributed by atoms with Gasteiger partial charge in [0, 0.05) is 11.8 Å². The summed E-state index contributed by atoms with van der Waals surface area (Å²) >= 11 is 11.8. The molecule has 0 unspecified atom stereocenters. The maximum Gasteiger partial charge on any atom is 0.269 e. The van der Waals surface area contributed by atoms with Crippen LogP contribution in [0.2, 0.25) is 10.0 Å². The molecule has 2 aromatic carbocycles. The number of halogens is 2. The van der Waals surface area contributed by atoms with Crippen LogP contribution in [0.15, 0.2) is 54.7 Å². The quantitative estimate of drug-likeness (QED) is 0.731. The van der Waals surface area contributed by atoms with Gasteiger partial charge in [-0.15, -0.1) is 0 Å². The number of primary amides is 1. The number of nitrogens with zero attached hydrogens (tertiary/aromatic N) is 2. The van der Waals surface area contributed by atoms with Crippen molar-refractivity contribution in [1.82, 2.24) is 9.78 Å². The van der Waals surface area contributed by atoms with E-state index in [4.69, 9.17) is 28.9 Å². The van der Waals surface area contributed by atoms with Crippen molar-refractivity contribution in [3.8, 4) is 5.69 Å². The van der Waals surface area contributed by atoms with Gasteiger partial charge in [-0.2, -0.15) is 5.10 Å². The lowest BCUT2D eigenvalue weighted by molar-refractivity contribution is 0.0992. The van der Waals surface area contributed by atoms with Crippen molar-refractivity contribution in [2.24, 2.45) is 5.73 Å². The number of anilines is 1. The van der Waals surface area contributed by atoms with Crippen LogP contribution >= 0.6 is 23.2 Å². The summed E-state index contributed by atoms with van der Waals surface area (Å²) in [4.78, 5) is 23.7. The van der Waals surface area contributed by atoms with Crippen LogP contribution in [-0.2, 0) is 0 Å². The molecule has 2 amide bonds. The smallest absolute Gasteiger partial charge is 0.269 e. The molecule has 6 nitrogen and oxygen atoms in total. The fourth-order valence-electron chi connectivity index (χ4n) is 2.20. The van der Waals surface area contributed by atoms with Crippen LogP contribution < -0.4 is 11.1 Å². The third kappa shape index (κ3) is 3.65. The summed E-state index contributed by atoms with van der Waals surface area (Å²) in [5.41, 5.74) is 6.81. The number of nitrogens with one attached hydrogen (secondary N) is 1. The van der Waals surface area contributed by atoms with E-state index in [9.17, 15) is 9.59 Å². The summed E-state index contributed by atoms with van der Waals surface area (Å²) in [6.07, 6.45) is 1.59. The third-order valence-electron chi connectivity index (χ3n) is 3.42. The molecule has 126 valence electrons. The molecule has 0 aliphatic rings. The molecule has 1 heterocycles. The minimum atomic E-state index is -0.629. The van der Waals surface area contributed by atoms with Gasteiger partial charge in [-0.1, -0.05) is 35.3 Å². The van der Waals surface area contributed by atoms with E-state index in [-0.39, 0.29) is 11.6 Å². The summed E-state index contributed by atoms with van der Waals surface area (Å²) in [6, 6.07) is 13.1. The summed E-state index contributed by atoms with van der Waals surface area (Å²) in [6.45, 7) is 0. The first-order valence-electron chi connectivity index (χ1n) is 7.17. The standard InChI is InChI=1S/C17H12Cl2N4O2/c18-11-6-5-10(9-12(11)19)17(25)21-13-3-1-2-4-15(13)23-8-7-14(22-23)16(20)24/h1-9H,(H2,20,24)(H,21,25). The van der Waals surface area contributed by atoms with E-state index in [0.29, 0.717) is 27.0 Å². The number of hydrogen-bond donors (Lipinski definition) is 2. The van der Waals surface area contributed by atoms with E-state index in [1.54, 1.807) is 42.6 Å². The van der Waals surface area contributed by atoms with Crippen molar-refractivity contribution in [3.63, 3.8) is 0 Å². The van der Waals surface area contributed by atoms with Crippen molar-refractivity contribution >= 4 is 40.7 Å². The topological polar surface area (TPSA) is 90.0 Å². The molecule has 0 radical (unpaired) electrons. The number of benzene rings is 2. The van der Waals surface area contributed by atoms with E-state index in [1.807, 2.05) is 0 Å². The van der Waals surface area contributed by atoms with Crippen LogP contribution in [0, 0.1) is 0 Å². The molecular weight excluding hydrogens is 363 g/mol. The van der Waals surface area contributed by atoms with Crippen LogP contribution in [0.4, 0.5) is 5.69 Å². The molecule has 0 saturated carbocycles. The third-order valence-corrected chi connectivity index (χ3v) is 4.16. The maximum absolute atomic E-state index is 12.5. The molecule has 0 atom stereocenters. The predicted molar refractivity (Wildman–Crippen MR) is 96.5 cm³/mol. The Labute approximate surface area is 153 Å². The summed E-state index contributed by atoms with van der Waals surface area (Å²) in [5, 5.41) is 7.55. The highest BCUT2D eigenvalue weighted by Gasteiger charge is 2.13. The lowest BCUT2D eigenvalue weighted by Gasteiger charge is -2.11. The minimum Gasteiger partial charge on any atom is -0.364 e. The zero-order valence-electron chi connectivity index (χ0n) is 12.7. The molecule has 8 heteroatoms. The van der Waals surface area contributed by atoms with Gasteiger partial charge in [-0.25, -0.2) is 4.68 Å². The minimum absolute atomic E-state index is 0.130. The Hall–Kier alpha value is -2.83. The van der Waals surface area contributed by atoms with Crippen LogP contribution in [0.5, 0.6) is 0 Å². The van der Waals surface area contributed by atoms with E-state index >= 15 is 0 Å². The Balaban J connectivity index is 1.91. The van der Waals surface area contributed by atoms with E-state index < -0.39 is 5.91 Å². The lowest BCUT2D eigenvalue weighted by atomic mass is 10.2. The fourth-order valence-corrected chi connectivity index (χ4v) is 2.50. The van der Waals surface area contributed by atoms with Gasteiger partial charge in [-0.05, 0) is 36.4 Å². The number of nitrogens with two attached hydrogens (primary N) is 1. The molecule has 0 fully saturated rings. The van der Waals surface area contributed by atoms with Gasteiger partial charge in [-0.3, -0.25) is 9.59 Å². The van der Waals surface area contributed by atoms with Crippen molar-refractivity contribution in [2.75, 3.05) is 5.32 Å². The van der Waals surface area contributed by atoms with Crippen molar-refractivity contribution < 1.29 is 9.59 Å². The van der Waals surface area contributed by atoms with Gasteiger partial charge >= 0.3 is 0 Å². The van der Waals surface area contributed by atoms with E-state index in [0.717, 1.165) is 0 Å².